The number of hydrogen-bond acceptors (Lipinski definition) is 1. The molecular weight excluding hydrogens is 172 g/mol. The van der Waals surface area contributed by atoms with Gasteiger partial charge in [0.25, 0.3) is 0 Å². The first-order valence-corrected chi connectivity index (χ1v) is 4.65. The van der Waals surface area contributed by atoms with Crippen LogP contribution in [-0.4, -0.2) is 0 Å². The lowest BCUT2D eigenvalue weighted by molar-refractivity contribution is 0.650. The third-order valence-electron chi connectivity index (χ3n) is 1.97. The number of benzene rings is 2. The monoisotopic (exact) mass is 184 g/mol. The summed E-state index contributed by atoms with van der Waals surface area (Å²) in [5, 5.41) is 0. The van der Waals surface area contributed by atoms with Gasteiger partial charge >= 0.3 is 0 Å². The third kappa shape index (κ3) is 2.36. The van der Waals surface area contributed by atoms with Crippen molar-refractivity contribution in [3.05, 3.63) is 60.2 Å². The van der Waals surface area contributed by atoms with E-state index in [4.69, 9.17) is 4.74 Å². The number of aryl methyl sites for hydroxylation is 1. The van der Waals surface area contributed by atoms with E-state index in [9.17, 15) is 0 Å². The zero-order valence-electron chi connectivity index (χ0n) is 8.10. The molecule has 0 unspecified atom stereocenters. The van der Waals surface area contributed by atoms with E-state index in [0.29, 0.717) is 0 Å². The molecule has 0 radical (unpaired) electrons. The van der Waals surface area contributed by atoms with Gasteiger partial charge in [0, 0.05) is 0 Å². The van der Waals surface area contributed by atoms with E-state index in [-0.39, 0.29) is 0 Å². The molecule has 1 aliphatic heterocycles. The Kier molecular flexibility index (Phi) is 2.50. The summed E-state index contributed by atoms with van der Waals surface area (Å²) in [5.41, 5.74) is 1.32. The van der Waals surface area contributed by atoms with Crippen LogP contribution in [0, 0.1) is 6.92 Å². The maximum atomic E-state index is 4.94. The highest BCUT2D eigenvalue weighted by Crippen LogP contribution is 2.43. The lowest BCUT2D eigenvalue weighted by atomic mass is 10.2. The number of ether oxygens (including phenoxy) is 1. The summed E-state index contributed by atoms with van der Waals surface area (Å²) in [6.45, 7) is 2.08. The summed E-state index contributed by atoms with van der Waals surface area (Å²) < 4.78 is 4.94. The molecule has 14 heavy (non-hydrogen) atoms. The molecule has 70 valence electrons. The van der Waals surface area contributed by atoms with Gasteiger partial charge in [0.2, 0.25) is 0 Å². The van der Waals surface area contributed by atoms with Crippen molar-refractivity contribution >= 4 is 0 Å². The van der Waals surface area contributed by atoms with Crippen LogP contribution in [0.25, 0.3) is 0 Å². The molecule has 0 atom stereocenters. The minimum absolute atomic E-state index is 1.03. The highest BCUT2D eigenvalue weighted by molar-refractivity contribution is 5.53. The fourth-order valence-electron chi connectivity index (χ4n) is 1.15. The molecular formula is C13H12O. The van der Waals surface area contributed by atoms with Gasteiger partial charge in [-0.1, -0.05) is 48.0 Å². The molecule has 0 aromatic heterocycles. The molecule has 2 aromatic rings. The van der Waals surface area contributed by atoms with Crippen LogP contribution in [-0.2, 0) is 0 Å². The van der Waals surface area contributed by atoms with E-state index in [1.807, 2.05) is 42.5 Å². The van der Waals surface area contributed by atoms with Gasteiger partial charge in [-0.25, -0.2) is 0 Å². The minimum Gasteiger partial charge on any atom is -0.450 e. The van der Waals surface area contributed by atoms with Crippen LogP contribution in [0.4, 0.5) is 0 Å². The Morgan fingerprint density at radius 1 is 0.714 bits per heavy atom. The van der Waals surface area contributed by atoms with Crippen molar-refractivity contribution in [2.45, 2.75) is 6.92 Å². The molecule has 0 N–H and O–H groups in total. The molecule has 0 fully saturated rings. The molecule has 2 aromatic carbocycles. The van der Waals surface area contributed by atoms with Crippen LogP contribution in [0.2, 0.25) is 0 Å². The topological polar surface area (TPSA) is 12.5 Å². The van der Waals surface area contributed by atoms with Crippen LogP contribution in [0.5, 0.6) is 11.5 Å². The fourth-order valence-corrected chi connectivity index (χ4v) is 1.15. The second kappa shape index (κ2) is 3.97. The zero-order valence-corrected chi connectivity index (χ0v) is 8.10. The summed E-state index contributed by atoms with van der Waals surface area (Å²) in [4.78, 5) is 0. The molecule has 1 aliphatic rings. The van der Waals surface area contributed by atoms with Crippen molar-refractivity contribution in [2.75, 3.05) is 0 Å². The molecule has 0 saturated carbocycles. The molecule has 0 amide bonds. The van der Waals surface area contributed by atoms with E-state index in [1.165, 1.54) is 5.56 Å². The van der Waals surface area contributed by atoms with Gasteiger partial charge in [-0.2, -0.15) is 0 Å². The zero-order chi connectivity index (χ0) is 9.80. The quantitative estimate of drug-likeness (QED) is 0.484. The van der Waals surface area contributed by atoms with Crippen molar-refractivity contribution < 1.29 is 4.74 Å². The smallest absolute Gasteiger partial charge is 0.170 e. The van der Waals surface area contributed by atoms with E-state index < -0.39 is 0 Å². The van der Waals surface area contributed by atoms with Crippen molar-refractivity contribution in [1.29, 1.82) is 0 Å². The van der Waals surface area contributed by atoms with Crippen LogP contribution in [0.3, 0.4) is 0 Å². The van der Waals surface area contributed by atoms with Crippen LogP contribution in [0.15, 0.2) is 54.6 Å². The van der Waals surface area contributed by atoms with Crippen molar-refractivity contribution in [1.82, 2.24) is 0 Å². The molecule has 1 nitrogen and oxygen atoms in total. The Bertz CT molecular complexity index is 374. The average molecular weight is 184 g/mol. The molecule has 3 rings (SSSR count). The molecule has 1 heterocycles. The van der Waals surface area contributed by atoms with Gasteiger partial charge in [-0.15, -0.1) is 0 Å². The van der Waals surface area contributed by atoms with Crippen LogP contribution in [0.1, 0.15) is 5.56 Å². The Morgan fingerprint density at radius 3 is 1.57 bits per heavy atom. The molecule has 0 saturated heterocycles. The Morgan fingerprint density at radius 2 is 1.21 bits per heavy atom. The number of para-hydroxylation sites is 2. The highest BCUT2D eigenvalue weighted by Gasteiger charge is 2.15. The Hall–Kier alpha value is -1.76. The fraction of sp³-hybridized carbons (Fsp3) is 0.0769. The molecule has 0 spiro atoms. The Labute approximate surface area is 84.0 Å². The lowest BCUT2D eigenvalue weighted by Gasteiger charge is -1.82. The normalized spacial score (nSPS) is 10.4. The van der Waals surface area contributed by atoms with Gasteiger partial charge in [0.1, 0.15) is 0 Å². The van der Waals surface area contributed by atoms with Crippen molar-refractivity contribution in [3.8, 4) is 11.5 Å². The van der Waals surface area contributed by atoms with E-state index in [1.54, 1.807) is 0 Å². The maximum absolute atomic E-state index is 4.94. The van der Waals surface area contributed by atoms with Crippen molar-refractivity contribution in [3.63, 3.8) is 0 Å². The average Bonchev–Trinajstić information content (AvgIpc) is 2.98. The SMILES string of the molecule is Cc1ccccc1.c1ccc2c(c1)O2. The standard InChI is InChI=1S/C7H8.C6H4O/c1-7-5-3-2-4-6-7;1-2-4-6-5(3-1)7-6/h2-6H,1H3;1-4H. The van der Waals surface area contributed by atoms with E-state index in [2.05, 4.69) is 19.1 Å². The predicted molar refractivity (Wildman–Crippen MR) is 57.7 cm³/mol. The summed E-state index contributed by atoms with van der Waals surface area (Å²) in [6, 6.07) is 18.1. The van der Waals surface area contributed by atoms with E-state index >= 15 is 0 Å². The molecule has 0 aliphatic carbocycles. The maximum Gasteiger partial charge on any atom is 0.170 e. The minimum atomic E-state index is 1.03. The first-order valence-electron chi connectivity index (χ1n) is 4.65. The van der Waals surface area contributed by atoms with Gasteiger partial charge in [-0.3, -0.25) is 0 Å². The number of fused-ring (bicyclic) bond motifs is 1. The summed E-state index contributed by atoms with van der Waals surface area (Å²) in [7, 11) is 0. The van der Waals surface area contributed by atoms with Crippen molar-refractivity contribution in [2.24, 2.45) is 0 Å². The first kappa shape index (κ1) is 8.82. The lowest BCUT2D eigenvalue weighted by Crippen LogP contribution is -1.62. The van der Waals surface area contributed by atoms with Crippen LogP contribution < -0.4 is 4.74 Å². The van der Waals surface area contributed by atoms with Gasteiger partial charge < -0.3 is 4.74 Å². The predicted octanol–water partition coefficient (Wildman–Crippen LogP) is 3.79. The molecule has 1 heteroatoms. The second-order valence-corrected chi connectivity index (χ2v) is 3.20. The second-order valence-electron chi connectivity index (χ2n) is 3.20. The van der Waals surface area contributed by atoms with Gasteiger partial charge in [0.05, 0.1) is 0 Å². The van der Waals surface area contributed by atoms with Gasteiger partial charge in [-0.05, 0) is 19.1 Å². The Balaban J connectivity index is 0.000000107. The highest BCUT2D eigenvalue weighted by atomic mass is 16.6. The van der Waals surface area contributed by atoms with E-state index in [0.717, 1.165) is 11.5 Å². The largest absolute Gasteiger partial charge is 0.450 e. The summed E-state index contributed by atoms with van der Waals surface area (Å²) >= 11 is 0. The third-order valence-corrected chi connectivity index (χ3v) is 1.97. The first-order chi connectivity index (χ1) is 6.86. The number of hydrogen-bond donors (Lipinski definition) is 0. The van der Waals surface area contributed by atoms with Gasteiger partial charge in [0.15, 0.2) is 11.5 Å². The molecule has 0 bridgehead atoms. The summed E-state index contributed by atoms with van der Waals surface area (Å²) in [5.74, 6) is 2.06. The van der Waals surface area contributed by atoms with Crippen LogP contribution >= 0.6 is 0 Å². The number of rotatable bonds is 0. The summed E-state index contributed by atoms with van der Waals surface area (Å²) in [6.07, 6.45) is 0.